The van der Waals surface area contributed by atoms with Gasteiger partial charge in [-0.1, -0.05) is 18.2 Å². The lowest BCUT2D eigenvalue weighted by atomic mass is 10.1. The molecule has 0 saturated carbocycles. The van der Waals surface area contributed by atoms with Crippen molar-refractivity contribution in [2.75, 3.05) is 6.61 Å². The van der Waals surface area contributed by atoms with Crippen LogP contribution in [0.1, 0.15) is 24.3 Å². The smallest absolute Gasteiger partial charge is 0.328 e. The van der Waals surface area contributed by atoms with Crippen molar-refractivity contribution in [1.82, 2.24) is 10.3 Å². The fourth-order valence-corrected chi connectivity index (χ4v) is 1.93. The topological polar surface area (TPSA) is 88.3 Å². The minimum Gasteiger partial charge on any atom is -0.464 e. The molecule has 1 heterocycles. The van der Waals surface area contributed by atoms with E-state index in [1.807, 2.05) is 0 Å². The fraction of sp³-hybridized carbons (Fsp3) is 0.267. The third-order valence-corrected chi connectivity index (χ3v) is 2.99. The normalized spacial score (nSPS) is 11.9. The van der Waals surface area contributed by atoms with Crippen LogP contribution in [-0.4, -0.2) is 29.5 Å². The quantitative estimate of drug-likeness (QED) is 0.828. The number of esters is 1. The van der Waals surface area contributed by atoms with Crippen molar-refractivity contribution in [2.45, 2.75) is 19.9 Å². The van der Waals surface area contributed by atoms with E-state index in [1.54, 1.807) is 37.3 Å². The Morgan fingerprint density at radius 3 is 2.76 bits per heavy atom. The van der Waals surface area contributed by atoms with E-state index in [0.29, 0.717) is 10.8 Å². The van der Waals surface area contributed by atoms with Crippen LogP contribution in [0.4, 0.5) is 0 Å². The molecular weight excluding hydrogens is 272 g/mol. The lowest BCUT2D eigenvalue weighted by Gasteiger charge is -2.12. The first-order chi connectivity index (χ1) is 10.0. The summed E-state index contributed by atoms with van der Waals surface area (Å²) in [7, 11) is 0. The van der Waals surface area contributed by atoms with Crippen molar-refractivity contribution >= 4 is 22.6 Å². The Bertz CT molecular complexity index is 736. The number of ether oxygens (including phenoxy) is 1. The third kappa shape index (κ3) is 3.28. The van der Waals surface area contributed by atoms with Crippen LogP contribution in [0.5, 0.6) is 0 Å². The van der Waals surface area contributed by atoms with E-state index in [2.05, 4.69) is 10.3 Å². The molecule has 0 bridgehead atoms. The Kier molecular flexibility index (Phi) is 4.37. The summed E-state index contributed by atoms with van der Waals surface area (Å²) in [6.45, 7) is 3.45. The highest BCUT2D eigenvalue weighted by atomic mass is 16.5. The van der Waals surface area contributed by atoms with Crippen molar-refractivity contribution in [3.8, 4) is 0 Å². The SMILES string of the molecule is CCOC(=O)C(C)NC(=O)c1cc2ccccc2c(=O)[nH]1. The molecule has 0 aliphatic rings. The van der Waals surface area contributed by atoms with Crippen molar-refractivity contribution in [3.63, 3.8) is 0 Å². The second kappa shape index (κ2) is 6.21. The molecule has 2 rings (SSSR count). The van der Waals surface area contributed by atoms with Gasteiger partial charge in [0.05, 0.1) is 6.61 Å². The van der Waals surface area contributed by atoms with E-state index in [4.69, 9.17) is 4.74 Å². The monoisotopic (exact) mass is 288 g/mol. The third-order valence-electron chi connectivity index (χ3n) is 2.99. The van der Waals surface area contributed by atoms with Crippen LogP contribution < -0.4 is 10.9 Å². The minimum atomic E-state index is -0.785. The Morgan fingerprint density at radius 2 is 2.05 bits per heavy atom. The second-order valence-corrected chi connectivity index (χ2v) is 4.55. The Labute approximate surface area is 121 Å². The molecule has 0 radical (unpaired) electrons. The number of aromatic amines is 1. The number of nitrogens with one attached hydrogen (secondary N) is 2. The summed E-state index contributed by atoms with van der Waals surface area (Å²) in [6.07, 6.45) is 0. The standard InChI is InChI=1S/C15H16N2O4/c1-3-21-15(20)9(2)16-14(19)12-8-10-6-4-5-7-11(10)13(18)17-12/h4-9H,3H2,1-2H3,(H,16,19)(H,17,18). The van der Waals surface area contributed by atoms with Gasteiger partial charge in [-0.3, -0.25) is 9.59 Å². The Hall–Kier alpha value is -2.63. The van der Waals surface area contributed by atoms with Gasteiger partial charge in [-0.05, 0) is 31.4 Å². The van der Waals surface area contributed by atoms with E-state index in [9.17, 15) is 14.4 Å². The highest BCUT2D eigenvalue weighted by Crippen LogP contribution is 2.09. The summed E-state index contributed by atoms with van der Waals surface area (Å²) in [5.41, 5.74) is -0.239. The van der Waals surface area contributed by atoms with E-state index < -0.39 is 17.9 Å². The number of pyridine rings is 1. The summed E-state index contributed by atoms with van der Waals surface area (Å²) >= 11 is 0. The van der Waals surface area contributed by atoms with Gasteiger partial charge in [-0.25, -0.2) is 4.79 Å². The number of H-pyrrole nitrogens is 1. The molecule has 0 aliphatic heterocycles. The number of fused-ring (bicyclic) bond motifs is 1. The largest absolute Gasteiger partial charge is 0.464 e. The van der Waals surface area contributed by atoms with Gasteiger partial charge in [0.2, 0.25) is 0 Å². The molecule has 1 unspecified atom stereocenters. The number of hydrogen-bond donors (Lipinski definition) is 2. The molecule has 21 heavy (non-hydrogen) atoms. The van der Waals surface area contributed by atoms with Crippen molar-refractivity contribution in [2.24, 2.45) is 0 Å². The van der Waals surface area contributed by atoms with Gasteiger partial charge in [-0.2, -0.15) is 0 Å². The summed E-state index contributed by atoms with van der Waals surface area (Å²) in [6, 6.07) is 7.74. The number of carbonyl (C=O) groups is 2. The molecule has 110 valence electrons. The molecule has 1 amide bonds. The molecule has 2 aromatic rings. The first-order valence-corrected chi connectivity index (χ1v) is 6.62. The van der Waals surface area contributed by atoms with E-state index in [0.717, 1.165) is 0 Å². The highest BCUT2D eigenvalue weighted by molar-refractivity contribution is 5.98. The van der Waals surface area contributed by atoms with Gasteiger partial charge < -0.3 is 15.0 Å². The molecule has 1 aromatic heterocycles. The first-order valence-electron chi connectivity index (χ1n) is 6.62. The van der Waals surface area contributed by atoms with Crippen LogP contribution in [-0.2, 0) is 9.53 Å². The van der Waals surface area contributed by atoms with Crippen molar-refractivity contribution in [3.05, 3.63) is 46.4 Å². The lowest BCUT2D eigenvalue weighted by molar-refractivity contribution is -0.144. The maximum atomic E-state index is 12.1. The van der Waals surface area contributed by atoms with Crippen LogP contribution >= 0.6 is 0 Å². The molecule has 0 fully saturated rings. The van der Waals surface area contributed by atoms with E-state index in [1.165, 1.54) is 6.92 Å². The number of rotatable bonds is 4. The molecule has 1 atom stereocenters. The zero-order valence-electron chi connectivity index (χ0n) is 11.8. The van der Waals surface area contributed by atoms with E-state index in [-0.39, 0.29) is 17.9 Å². The van der Waals surface area contributed by atoms with Crippen LogP contribution in [0.25, 0.3) is 10.8 Å². The van der Waals surface area contributed by atoms with E-state index >= 15 is 0 Å². The molecule has 0 spiro atoms. The van der Waals surface area contributed by atoms with Gasteiger partial charge in [0, 0.05) is 5.39 Å². The number of carbonyl (C=O) groups excluding carboxylic acids is 2. The van der Waals surface area contributed by atoms with Crippen LogP contribution in [0, 0.1) is 0 Å². The predicted molar refractivity (Wildman–Crippen MR) is 78.1 cm³/mol. The van der Waals surface area contributed by atoms with Crippen LogP contribution in [0.3, 0.4) is 0 Å². The van der Waals surface area contributed by atoms with Gasteiger partial charge in [0.1, 0.15) is 11.7 Å². The minimum absolute atomic E-state index is 0.106. The Balaban J connectivity index is 2.24. The van der Waals surface area contributed by atoms with Crippen LogP contribution in [0.2, 0.25) is 0 Å². The molecule has 6 heteroatoms. The maximum absolute atomic E-state index is 12.1. The summed E-state index contributed by atoms with van der Waals surface area (Å²) in [4.78, 5) is 38.0. The maximum Gasteiger partial charge on any atom is 0.328 e. The number of benzene rings is 1. The predicted octanol–water partition coefficient (Wildman–Crippen LogP) is 1.21. The highest BCUT2D eigenvalue weighted by Gasteiger charge is 2.18. The molecular formula is C15H16N2O4. The molecule has 6 nitrogen and oxygen atoms in total. The van der Waals surface area contributed by atoms with Crippen molar-refractivity contribution < 1.29 is 14.3 Å². The summed E-state index contributed by atoms with van der Waals surface area (Å²) in [5, 5.41) is 3.66. The zero-order valence-corrected chi connectivity index (χ0v) is 11.8. The average Bonchev–Trinajstić information content (AvgIpc) is 2.47. The van der Waals surface area contributed by atoms with Gasteiger partial charge >= 0.3 is 5.97 Å². The van der Waals surface area contributed by atoms with Gasteiger partial charge in [0.15, 0.2) is 0 Å². The molecule has 1 aromatic carbocycles. The molecule has 0 aliphatic carbocycles. The summed E-state index contributed by atoms with van der Waals surface area (Å²) < 4.78 is 4.81. The Morgan fingerprint density at radius 1 is 1.33 bits per heavy atom. The fourth-order valence-electron chi connectivity index (χ4n) is 1.93. The average molecular weight is 288 g/mol. The first kappa shape index (κ1) is 14.8. The zero-order chi connectivity index (χ0) is 15.4. The summed E-state index contributed by atoms with van der Waals surface area (Å²) in [5.74, 6) is -1.05. The van der Waals surface area contributed by atoms with Gasteiger partial charge in [0.25, 0.3) is 11.5 Å². The number of amides is 1. The van der Waals surface area contributed by atoms with Crippen molar-refractivity contribution in [1.29, 1.82) is 0 Å². The number of hydrogen-bond acceptors (Lipinski definition) is 4. The second-order valence-electron chi connectivity index (χ2n) is 4.55. The number of aromatic nitrogens is 1. The van der Waals surface area contributed by atoms with Gasteiger partial charge in [-0.15, -0.1) is 0 Å². The van der Waals surface area contributed by atoms with Crippen LogP contribution in [0.15, 0.2) is 35.1 Å². The molecule has 0 saturated heterocycles. The lowest BCUT2D eigenvalue weighted by Crippen LogP contribution is -2.40. The molecule has 2 N–H and O–H groups in total.